The molecule has 4 heterocycles. The standard InChI is InChI=1S/C26H34N4O6/c1-16-10-8-12-18(27-16)20-24(22(31)34-5)14-29(3)15-25(23(32)35-6,26(24,33)36-7)21(30(20)4)19-13-9-11-17(2)28-19/h8-13,20-21,33H,14-15H2,1-7H3. The number of esters is 2. The predicted molar refractivity (Wildman–Crippen MR) is 130 cm³/mol. The molecule has 0 aliphatic carbocycles. The molecule has 10 nitrogen and oxygen atoms in total. The van der Waals surface area contributed by atoms with Crippen molar-refractivity contribution in [2.75, 3.05) is 48.5 Å². The third-order valence-electron chi connectivity index (χ3n) is 7.77. The number of aryl methyl sites for hydroxylation is 2. The second-order valence-electron chi connectivity index (χ2n) is 9.82. The summed E-state index contributed by atoms with van der Waals surface area (Å²) in [5, 5.41) is 12.7. The number of pyridine rings is 2. The Balaban J connectivity index is 2.17. The summed E-state index contributed by atoms with van der Waals surface area (Å²) in [4.78, 5) is 41.0. The third kappa shape index (κ3) is 3.32. The van der Waals surface area contributed by atoms with Gasteiger partial charge in [-0.1, -0.05) is 12.1 Å². The van der Waals surface area contributed by atoms with Gasteiger partial charge in [0.25, 0.3) is 0 Å². The van der Waals surface area contributed by atoms with Gasteiger partial charge >= 0.3 is 11.9 Å². The van der Waals surface area contributed by atoms with E-state index in [0.29, 0.717) is 11.4 Å². The minimum absolute atomic E-state index is 0.0430. The second kappa shape index (κ2) is 9.19. The molecule has 0 saturated carbocycles. The number of hydrogen-bond acceptors (Lipinski definition) is 10. The molecule has 194 valence electrons. The molecule has 4 unspecified atom stereocenters. The highest BCUT2D eigenvalue weighted by atomic mass is 16.6. The largest absolute Gasteiger partial charge is 0.468 e. The van der Waals surface area contributed by atoms with Gasteiger partial charge in [-0.25, -0.2) is 0 Å². The average molecular weight is 499 g/mol. The molecule has 0 aromatic carbocycles. The van der Waals surface area contributed by atoms with E-state index < -0.39 is 40.6 Å². The Bertz CT molecular complexity index is 1090. The van der Waals surface area contributed by atoms with Gasteiger partial charge in [0, 0.05) is 31.6 Å². The van der Waals surface area contributed by atoms with E-state index in [1.54, 1.807) is 26.2 Å². The van der Waals surface area contributed by atoms with E-state index in [0.717, 1.165) is 11.4 Å². The number of aliphatic hydroxyl groups is 1. The summed E-state index contributed by atoms with van der Waals surface area (Å²) in [6, 6.07) is 9.31. The van der Waals surface area contributed by atoms with Gasteiger partial charge in [0.15, 0.2) is 10.8 Å². The fraction of sp³-hybridized carbons (Fsp3) is 0.538. The highest BCUT2D eigenvalue weighted by Gasteiger charge is 2.83. The van der Waals surface area contributed by atoms with Crippen molar-refractivity contribution in [3.05, 3.63) is 59.2 Å². The maximum absolute atomic E-state index is 13.9. The summed E-state index contributed by atoms with van der Waals surface area (Å²) in [7, 11) is 7.41. The lowest BCUT2D eigenvalue weighted by atomic mass is 9.51. The molecule has 2 bridgehead atoms. The minimum atomic E-state index is -2.34. The van der Waals surface area contributed by atoms with Crippen LogP contribution in [0.1, 0.15) is 34.9 Å². The van der Waals surface area contributed by atoms with Crippen molar-refractivity contribution in [1.82, 2.24) is 19.8 Å². The first kappa shape index (κ1) is 26.2. The van der Waals surface area contributed by atoms with Crippen LogP contribution in [0.2, 0.25) is 0 Å². The minimum Gasteiger partial charge on any atom is -0.468 e. The number of nitrogens with zero attached hydrogens (tertiary/aromatic N) is 4. The van der Waals surface area contributed by atoms with E-state index in [-0.39, 0.29) is 13.1 Å². The summed E-state index contributed by atoms with van der Waals surface area (Å²) in [6.45, 7) is 3.79. The van der Waals surface area contributed by atoms with E-state index in [9.17, 15) is 14.7 Å². The number of hydrogen-bond donors (Lipinski definition) is 1. The van der Waals surface area contributed by atoms with E-state index >= 15 is 0 Å². The molecule has 2 aromatic rings. The molecule has 0 amide bonds. The zero-order valence-electron chi connectivity index (χ0n) is 21.8. The lowest BCUT2D eigenvalue weighted by molar-refractivity contribution is -0.382. The smallest absolute Gasteiger partial charge is 0.320 e. The van der Waals surface area contributed by atoms with Gasteiger partial charge in [0.2, 0.25) is 5.79 Å². The van der Waals surface area contributed by atoms with Crippen molar-refractivity contribution in [3.63, 3.8) is 0 Å². The first-order valence-corrected chi connectivity index (χ1v) is 11.8. The van der Waals surface area contributed by atoms with Crippen LogP contribution in [0.25, 0.3) is 0 Å². The molecule has 2 saturated heterocycles. The summed E-state index contributed by atoms with van der Waals surface area (Å²) in [5.74, 6) is -3.78. The molecule has 4 atom stereocenters. The monoisotopic (exact) mass is 498 g/mol. The van der Waals surface area contributed by atoms with Gasteiger partial charge in [-0.2, -0.15) is 0 Å². The molecule has 36 heavy (non-hydrogen) atoms. The van der Waals surface area contributed by atoms with E-state index in [1.165, 1.54) is 21.3 Å². The summed E-state index contributed by atoms with van der Waals surface area (Å²) >= 11 is 0. The molecule has 2 aliphatic heterocycles. The molecule has 2 aromatic heterocycles. The number of likely N-dealkylation sites (tertiary alicyclic amines) is 2. The SMILES string of the molecule is COC(=O)C12CN(C)CC(C(=O)OC)(C(c3cccc(C)n3)N(C)C1c1cccc(C)n1)C2(O)OC. The van der Waals surface area contributed by atoms with Gasteiger partial charge in [-0.05, 0) is 52.2 Å². The molecule has 10 heteroatoms. The highest BCUT2D eigenvalue weighted by molar-refractivity contribution is 5.87. The summed E-state index contributed by atoms with van der Waals surface area (Å²) in [5.41, 5.74) is -1.00. The van der Waals surface area contributed by atoms with Crippen molar-refractivity contribution in [3.8, 4) is 0 Å². The Hall–Kier alpha value is -2.92. The summed E-state index contributed by atoms with van der Waals surface area (Å²) in [6.07, 6.45) is 0. The Morgan fingerprint density at radius 2 is 1.28 bits per heavy atom. The topological polar surface area (TPSA) is 114 Å². The number of rotatable bonds is 5. The van der Waals surface area contributed by atoms with Gasteiger partial charge < -0.3 is 24.2 Å². The van der Waals surface area contributed by atoms with Crippen molar-refractivity contribution in [2.45, 2.75) is 31.7 Å². The van der Waals surface area contributed by atoms with Crippen LogP contribution in [0, 0.1) is 24.7 Å². The summed E-state index contributed by atoms with van der Waals surface area (Å²) < 4.78 is 16.6. The first-order chi connectivity index (χ1) is 17.0. The quantitative estimate of drug-likeness (QED) is 0.479. The normalized spacial score (nSPS) is 32.7. The van der Waals surface area contributed by atoms with Crippen molar-refractivity contribution in [2.24, 2.45) is 10.8 Å². The van der Waals surface area contributed by atoms with Crippen LogP contribution in [0.15, 0.2) is 36.4 Å². The van der Waals surface area contributed by atoms with Gasteiger partial charge in [0.1, 0.15) is 0 Å². The lowest BCUT2D eigenvalue weighted by Crippen LogP contribution is -2.83. The van der Waals surface area contributed by atoms with Crippen LogP contribution < -0.4 is 0 Å². The first-order valence-electron chi connectivity index (χ1n) is 11.8. The molecule has 2 aliphatic rings. The van der Waals surface area contributed by atoms with E-state index in [1.807, 2.05) is 47.9 Å². The van der Waals surface area contributed by atoms with Crippen molar-refractivity contribution < 1.29 is 28.9 Å². The van der Waals surface area contributed by atoms with Crippen LogP contribution in [-0.4, -0.2) is 91.1 Å². The maximum atomic E-state index is 13.9. The zero-order valence-corrected chi connectivity index (χ0v) is 21.8. The maximum Gasteiger partial charge on any atom is 0.320 e. The Morgan fingerprint density at radius 1 is 0.861 bits per heavy atom. The number of carbonyl (C=O) groups is 2. The lowest BCUT2D eigenvalue weighted by Gasteiger charge is -2.68. The van der Waals surface area contributed by atoms with E-state index in [2.05, 4.69) is 0 Å². The predicted octanol–water partition coefficient (Wildman–Crippen LogP) is 1.42. The number of methoxy groups -OCH3 is 3. The molecule has 0 radical (unpaired) electrons. The van der Waals surface area contributed by atoms with Gasteiger partial charge in [-0.15, -0.1) is 0 Å². The third-order valence-corrected chi connectivity index (χ3v) is 7.77. The fourth-order valence-electron chi connectivity index (χ4n) is 6.62. The molecular weight excluding hydrogens is 464 g/mol. The van der Waals surface area contributed by atoms with Crippen LogP contribution in [0.4, 0.5) is 0 Å². The Labute approximate surface area is 211 Å². The molecule has 2 fully saturated rings. The second-order valence-corrected chi connectivity index (χ2v) is 9.82. The van der Waals surface area contributed by atoms with Gasteiger partial charge in [0.05, 0.1) is 37.7 Å². The fourth-order valence-corrected chi connectivity index (χ4v) is 6.62. The molecular formula is C26H34N4O6. The number of piperidine rings is 2. The van der Waals surface area contributed by atoms with Crippen LogP contribution in [0.5, 0.6) is 0 Å². The number of ether oxygens (including phenoxy) is 3. The van der Waals surface area contributed by atoms with Crippen LogP contribution in [-0.2, 0) is 23.8 Å². The van der Waals surface area contributed by atoms with Crippen molar-refractivity contribution >= 4 is 11.9 Å². The average Bonchev–Trinajstić information content (AvgIpc) is 2.84. The van der Waals surface area contributed by atoms with Crippen LogP contribution >= 0.6 is 0 Å². The zero-order chi connectivity index (χ0) is 26.5. The number of carbonyl (C=O) groups excluding carboxylic acids is 2. The van der Waals surface area contributed by atoms with Crippen molar-refractivity contribution in [1.29, 1.82) is 0 Å². The highest BCUT2D eigenvalue weighted by Crippen LogP contribution is 2.67. The molecule has 4 rings (SSSR count). The van der Waals surface area contributed by atoms with Crippen LogP contribution in [0.3, 0.4) is 0 Å². The van der Waals surface area contributed by atoms with Gasteiger partial charge in [-0.3, -0.25) is 24.5 Å². The number of aromatic nitrogens is 2. The Kier molecular flexibility index (Phi) is 6.67. The molecule has 1 N–H and O–H groups in total. The van der Waals surface area contributed by atoms with E-state index in [4.69, 9.17) is 24.2 Å². The molecule has 0 spiro atoms. The Morgan fingerprint density at radius 3 is 1.61 bits per heavy atom. The number of fused-ring (bicyclic) bond motifs is 2.